The predicted octanol–water partition coefficient (Wildman–Crippen LogP) is 2.22. The SMILES string of the molecule is CCOC(=O)C1=NN(c2ccccc2)C(C(=O)Nc2ccccn2)C1. The highest BCUT2D eigenvalue weighted by Gasteiger charge is 2.36. The number of esters is 1. The number of nitrogens with zero attached hydrogens (tertiary/aromatic N) is 3. The van der Waals surface area contributed by atoms with E-state index in [0.29, 0.717) is 5.82 Å². The Morgan fingerprint density at radius 1 is 1.20 bits per heavy atom. The Labute approximate surface area is 145 Å². The van der Waals surface area contributed by atoms with Crippen molar-refractivity contribution < 1.29 is 14.3 Å². The van der Waals surface area contributed by atoms with Crippen LogP contribution in [0.2, 0.25) is 0 Å². The molecule has 7 nitrogen and oxygen atoms in total. The van der Waals surface area contributed by atoms with Crippen molar-refractivity contribution in [3.05, 3.63) is 54.7 Å². The first-order chi connectivity index (χ1) is 12.2. The van der Waals surface area contributed by atoms with Crippen LogP contribution in [-0.2, 0) is 14.3 Å². The predicted molar refractivity (Wildman–Crippen MR) is 94.3 cm³/mol. The molecule has 0 saturated heterocycles. The highest BCUT2D eigenvalue weighted by molar-refractivity contribution is 6.38. The van der Waals surface area contributed by atoms with E-state index in [2.05, 4.69) is 15.4 Å². The minimum Gasteiger partial charge on any atom is -0.461 e. The number of pyridine rings is 1. The van der Waals surface area contributed by atoms with Gasteiger partial charge in [-0.3, -0.25) is 9.80 Å². The van der Waals surface area contributed by atoms with Crippen molar-refractivity contribution in [1.29, 1.82) is 0 Å². The lowest BCUT2D eigenvalue weighted by molar-refractivity contribution is -0.135. The Hall–Kier alpha value is -3.22. The zero-order chi connectivity index (χ0) is 17.6. The largest absolute Gasteiger partial charge is 0.461 e. The van der Waals surface area contributed by atoms with E-state index in [4.69, 9.17) is 4.74 Å². The maximum absolute atomic E-state index is 12.7. The van der Waals surface area contributed by atoms with Crippen LogP contribution in [0.15, 0.2) is 59.8 Å². The number of amides is 1. The molecule has 7 heteroatoms. The van der Waals surface area contributed by atoms with E-state index < -0.39 is 12.0 Å². The first-order valence-corrected chi connectivity index (χ1v) is 8.00. The summed E-state index contributed by atoms with van der Waals surface area (Å²) in [7, 11) is 0. The van der Waals surface area contributed by atoms with Gasteiger partial charge in [0.05, 0.1) is 12.3 Å². The highest BCUT2D eigenvalue weighted by atomic mass is 16.5. The zero-order valence-electron chi connectivity index (χ0n) is 13.8. The number of ether oxygens (including phenoxy) is 1. The molecule has 0 radical (unpaired) electrons. The molecule has 1 unspecified atom stereocenters. The summed E-state index contributed by atoms with van der Waals surface area (Å²) in [6.07, 6.45) is 1.77. The highest BCUT2D eigenvalue weighted by Crippen LogP contribution is 2.25. The number of hydrogen-bond donors (Lipinski definition) is 1. The smallest absolute Gasteiger partial charge is 0.354 e. The Kier molecular flexibility index (Phi) is 5.03. The van der Waals surface area contributed by atoms with Crippen LogP contribution in [0.1, 0.15) is 13.3 Å². The van der Waals surface area contributed by atoms with Crippen molar-refractivity contribution in [2.45, 2.75) is 19.4 Å². The molecule has 128 valence electrons. The van der Waals surface area contributed by atoms with Gasteiger partial charge < -0.3 is 10.1 Å². The van der Waals surface area contributed by atoms with Crippen LogP contribution in [0.4, 0.5) is 11.5 Å². The van der Waals surface area contributed by atoms with E-state index in [1.165, 1.54) is 0 Å². The van der Waals surface area contributed by atoms with Crippen LogP contribution in [0.3, 0.4) is 0 Å². The summed E-state index contributed by atoms with van der Waals surface area (Å²) in [4.78, 5) is 28.8. The normalized spacial score (nSPS) is 16.3. The van der Waals surface area contributed by atoms with Crippen molar-refractivity contribution >= 4 is 29.1 Å². The fourth-order valence-electron chi connectivity index (χ4n) is 2.52. The van der Waals surface area contributed by atoms with Gasteiger partial charge in [-0.1, -0.05) is 24.3 Å². The fraction of sp³-hybridized carbons (Fsp3) is 0.222. The molecule has 0 bridgehead atoms. The molecule has 1 aliphatic heterocycles. The molecule has 0 aliphatic carbocycles. The number of anilines is 2. The van der Waals surface area contributed by atoms with Gasteiger partial charge in [0.2, 0.25) is 0 Å². The van der Waals surface area contributed by atoms with Crippen molar-refractivity contribution in [2.75, 3.05) is 16.9 Å². The van der Waals surface area contributed by atoms with Crippen molar-refractivity contribution in [2.24, 2.45) is 5.10 Å². The molecule has 0 saturated carbocycles. The second-order valence-corrected chi connectivity index (χ2v) is 5.37. The second kappa shape index (κ2) is 7.57. The molecule has 2 heterocycles. The van der Waals surface area contributed by atoms with Gasteiger partial charge in [-0.05, 0) is 31.2 Å². The van der Waals surface area contributed by atoms with E-state index in [1.807, 2.05) is 30.3 Å². The van der Waals surface area contributed by atoms with Gasteiger partial charge >= 0.3 is 5.97 Å². The number of carbonyl (C=O) groups excluding carboxylic acids is 2. The number of hydrazone groups is 1. The summed E-state index contributed by atoms with van der Waals surface area (Å²) in [5, 5.41) is 8.62. The van der Waals surface area contributed by atoms with Crippen molar-refractivity contribution in [1.82, 2.24) is 4.98 Å². The number of benzene rings is 1. The average molecular weight is 338 g/mol. The summed E-state index contributed by atoms with van der Waals surface area (Å²) in [6.45, 7) is 1.99. The molecule has 1 aromatic heterocycles. The van der Waals surface area contributed by atoms with E-state index in [1.54, 1.807) is 36.3 Å². The molecule has 0 fully saturated rings. The van der Waals surface area contributed by atoms with E-state index in [9.17, 15) is 9.59 Å². The van der Waals surface area contributed by atoms with E-state index in [-0.39, 0.29) is 24.6 Å². The summed E-state index contributed by atoms with van der Waals surface area (Å²) in [5.74, 6) is -0.340. The summed E-state index contributed by atoms with van der Waals surface area (Å²) < 4.78 is 5.02. The van der Waals surface area contributed by atoms with E-state index in [0.717, 1.165) is 5.69 Å². The number of hydrogen-bond acceptors (Lipinski definition) is 6. The average Bonchev–Trinajstić information content (AvgIpc) is 3.09. The van der Waals surface area contributed by atoms with Crippen LogP contribution < -0.4 is 10.3 Å². The van der Waals surface area contributed by atoms with Crippen molar-refractivity contribution in [3.63, 3.8) is 0 Å². The number of carbonyl (C=O) groups is 2. The zero-order valence-corrected chi connectivity index (χ0v) is 13.8. The van der Waals surface area contributed by atoms with Gasteiger partial charge in [-0.25, -0.2) is 9.78 Å². The van der Waals surface area contributed by atoms with Crippen LogP contribution in [0.5, 0.6) is 0 Å². The standard InChI is InChI=1S/C18H18N4O3/c1-2-25-18(24)14-12-15(17(23)20-16-10-6-7-11-19-16)22(21-14)13-8-4-3-5-9-13/h3-11,15H,2,12H2,1H3,(H,19,20,23). The molecular weight excluding hydrogens is 320 g/mol. The Morgan fingerprint density at radius 2 is 1.96 bits per heavy atom. The number of para-hydroxylation sites is 1. The Morgan fingerprint density at radius 3 is 2.64 bits per heavy atom. The Balaban J connectivity index is 1.83. The van der Waals surface area contributed by atoms with Crippen LogP contribution in [0, 0.1) is 0 Å². The quantitative estimate of drug-likeness (QED) is 0.845. The Bertz CT molecular complexity index is 777. The van der Waals surface area contributed by atoms with Gasteiger partial charge in [0.15, 0.2) is 0 Å². The number of nitrogens with one attached hydrogen (secondary N) is 1. The third-order valence-electron chi connectivity index (χ3n) is 3.66. The van der Waals surface area contributed by atoms with E-state index >= 15 is 0 Å². The minimum absolute atomic E-state index is 0.173. The van der Waals surface area contributed by atoms with Crippen LogP contribution in [-0.4, -0.2) is 35.2 Å². The molecule has 1 amide bonds. The topological polar surface area (TPSA) is 83.9 Å². The van der Waals surface area contributed by atoms with Gasteiger partial charge in [0.1, 0.15) is 17.6 Å². The first-order valence-electron chi connectivity index (χ1n) is 8.00. The van der Waals surface area contributed by atoms with Gasteiger partial charge in [-0.2, -0.15) is 5.10 Å². The van der Waals surface area contributed by atoms with Crippen LogP contribution in [0.25, 0.3) is 0 Å². The maximum atomic E-state index is 12.7. The summed E-state index contributed by atoms with van der Waals surface area (Å²) >= 11 is 0. The molecule has 1 atom stereocenters. The molecule has 0 spiro atoms. The number of aromatic nitrogens is 1. The molecule has 3 rings (SSSR count). The van der Waals surface area contributed by atoms with Gasteiger partial charge in [-0.15, -0.1) is 0 Å². The lowest BCUT2D eigenvalue weighted by Gasteiger charge is -2.22. The monoisotopic (exact) mass is 338 g/mol. The van der Waals surface area contributed by atoms with Gasteiger partial charge in [0.25, 0.3) is 5.91 Å². The van der Waals surface area contributed by atoms with Crippen molar-refractivity contribution in [3.8, 4) is 0 Å². The third-order valence-corrected chi connectivity index (χ3v) is 3.66. The first kappa shape index (κ1) is 16.6. The van der Waals surface area contributed by atoms with Crippen LogP contribution >= 0.6 is 0 Å². The lowest BCUT2D eigenvalue weighted by atomic mass is 10.1. The molecular formula is C18H18N4O3. The summed E-state index contributed by atoms with van der Waals surface area (Å²) in [6, 6.07) is 13.8. The molecule has 1 aromatic carbocycles. The lowest BCUT2D eigenvalue weighted by Crippen LogP contribution is -2.39. The second-order valence-electron chi connectivity index (χ2n) is 5.37. The minimum atomic E-state index is -0.649. The summed E-state index contributed by atoms with van der Waals surface area (Å²) in [5.41, 5.74) is 0.954. The fourth-order valence-corrected chi connectivity index (χ4v) is 2.52. The molecule has 1 N–H and O–H groups in total. The number of rotatable bonds is 5. The molecule has 2 aromatic rings. The molecule has 25 heavy (non-hydrogen) atoms. The molecule has 1 aliphatic rings. The van der Waals surface area contributed by atoms with Gasteiger partial charge in [0, 0.05) is 12.6 Å². The maximum Gasteiger partial charge on any atom is 0.354 e. The third kappa shape index (κ3) is 3.82.